The molecule has 15 heavy (non-hydrogen) atoms. The molecule has 0 bridgehead atoms. The lowest BCUT2D eigenvalue weighted by Gasteiger charge is -2.11. The van der Waals surface area contributed by atoms with Crippen molar-refractivity contribution in [1.82, 2.24) is 15.3 Å². The quantitative estimate of drug-likeness (QED) is 0.723. The van der Waals surface area contributed by atoms with Crippen LogP contribution in [0.5, 0.6) is 0 Å². The lowest BCUT2D eigenvalue weighted by molar-refractivity contribution is -0.142. The highest BCUT2D eigenvalue weighted by Crippen LogP contribution is 2.05. The van der Waals surface area contributed by atoms with Crippen LogP contribution < -0.4 is 5.32 Å². The molecule has 1 aromatic rings. The highest BCUT2D eigenvalue weighted by Gasteiger charge is 2.08. The maximum Gasteiger partial charge on any atom is 0.319 e. The molecule has 5 heteroatoms. The molecule has 1 aromatic heterocycles. The van der Waals surface area contributed by atoms with E-state index in [-0.39, 0.29) is 18.6 Å². The first-order valence-electron chi connectivity index (χ1n) is 4.89. The van der Waals surface area contributed by atoms with E-state index >= 15 is 0 Å². The smallest absolute Gasteiger partial charge is 0.319 e. The summed E-state index contributed by atoms with van der Waals surface area (Å²) >= 11 is 0. The molecule has 82 valence electrons. The molecule has 1 N–H and O–H groups in total. The van der Waals surface area contributed by atoms with Crippen LogP contribution in [0, 0.1) is 0 Å². The Bertz CT molecular complexity index is 303. The van der Waals surface area contributed by atoms with Crippen molar-refractivity contribution >= 4 is 5.97 Å². The van der Waals surface area contributed by atoms with Gasteiger partial charge in [-0.05, 0) is 13.8 Å². The van der Waals surface area contributed by atoms with Gasteiger partial charge in [0.2, 0.25) is 0 Å². The molecule has 0 aliphatic heterocycles. The molecular weight excluding hydrogens is 194 g/mol. The standard InChI is InChI=1S/C10H15N3O2/c1-3-15-10(14)7-13-8(2)9-6-11-4-5-12-9/h4-6,8,13H,3,7H2,1-2H3. The van der Waals surface area contributed by atoms with Crippen LogP contribution in [0.2, 0.25) is 0 Å². The summed E-state index contributed by atoms with van der Waals surface area (Å²) in [6.07, 6.45) is 4.91. The lowest BCUT2D eigenvalue weighted by atomic mass is 10.2. The summed E-state index contributed by atoms with van der Waals surface area (Å²) in [7, 11) is 0. The van der Waals surface area contributed by atoms with E-state index in [9.17, 15) is 4.79 Å². The first-order valence-corrected chi connectivity index (χ1v) is 4.89. The molecule has 0 radical (unpaired) electrons. The number of aromatic nitrogens is 2. The number of hydrogen-bond acceptors (Lipinski definition) is 5. The second-order valence-electron chi connectivity index (χ2n) is 3.04. The molecule has 0 aliphatic rings. The Morgan fingerprint density at radius 1 is 1.60 bits per heavy atom. The van der Waals surface area contributed by atoms with E-state index in [1.54, 1.807) is 25.5 Å². The third kappa shape index (κ3) is 4.03. The molecule has 0 aliphatic carbocycles. The summed E-state index contributed by atoms with van der Waals surface area (Å²) in [4.78, 5) is 19.1. The average molecular weight is 209 g/mol. The van der Waals surface area contributed by atoms with Gasteiger partial charge in [-0.3, -0.25) is 20.1 Å². The van der Waals surface area contributed by atoms with E-state index < -0.39 is 0 Å². The Morgan fingerprint density at radius 2 is 2.40 bits per heavy atom. The van der Waals surface area contributed by atoms with E-state index in [4.69, 9.17) is 4.74 Å². The van der Waals surface area contributed by atoms with E-state index in [1.165, 1.54) is 0 Å². The lowest BCUT2D eigenvalue weighted by Crippen LogP contribution is -2.27. The van der Waals surface area contributed by atoms with Gasteiger partial charge >= 0.3 is 5.97 Å². The minimum Gasteiger partial charge on any atom is -0.465 e. The molecule has 0 fully saturated rings. The minimum atomic E-state index is -0.256. The van der Waals surface area contributed by atoms with Gasteiger partial charge in [-0.25, -0.2) is 0 Å². The van der Waals surface area contributed by atoms with E-state index in [0.717, 1.165) is 5.69 Å². The van der Waals surface area contributed by atoms with Crippen molar-refractivity contribution in [3.05, 3.63) is 24.3 Å². The topological polar surface area (TPSA) is 64.1 Å². The monoisotopic (exact) mass is 209 g/mol. The van der Waals surface area contributed by atoms with Gasteiger partial charge in [0.15, 0.2) is 0 Å². The highest BCUT2D eigenvalue weighted by atomic mass is 16.5. The van der Waals surface area contributed by atoms with Gasteiger partial charge < -0.3 is 4.74 Å². The van der Waals surface area contributed by atoms with Crippen molar-refractivity contribution in [3.8, 4) is 0 Å². The van der Waals surface area contributed by atoms with Crippen molar-refractivity contribution < 1.29 is 9.53 Å². The van der Waals surface area contributed by atoms with Gasteiger partial charge in [-0.2, -0.15) is 0 Å². The number of esters is 1. The van der Waals surface area contributed by atoms with Crippen LogP contribution in [0.3, 0.4) is 0 Å². The van der Waals surface area contributed by atoms with Crippen LogP contribution in [0.1, 0.15) is 25.6 Å². The zero-order valence-electron chi connectivity index (χ0n) is 8.93. The number of carbonyl (C=O) groups is 1. The van der Waals surface area contributed by atoms with E-state index in [2.05, 4.69) is 15.3 Å². The Morgan fingerprint density at radius 3 is 3.00 bits per heavy atom. The normalized spacial score (nSPS) is 12.1. The van der Waals surface area contributed by atoms with Gasteiger partial charge in [0.25, 0.3) is 0 Å². The molecule has 1 rings (SSSR count). The maximum atomic E-state index is 11.1. The predicted octanol–water partition coefficient (Wildman–Crippen LogP) is 0.690. The summed E-state index contributed by atoms with van der Waals surface area (Å²) in [6, 6.07) is -0.0110. The fourth-order valence-electron chi connectivity index (χ4n) is 1.09. The van der Waals surface area contributed by atoms with Crippen molar-refractivity contribution in [2.75, 3.05) is 13.2 Å². The molecule has 0 spiro atoms. The van der Waals surface area contributed by atoms with E-state index in [0.29, 0.717) is 6.61 Å². The Labute approximate surface area is 88.9 Å². The Balaban J connectivity index is 2.37. The summed E-state index contributed by atoms with van der Waals surface area (Å²) in [5.74, 6) is -0.256. The molecular formula is C10H15N3O2. The summed E-state index contributed by atoms with van der Waals surface area (Å²) in [5, 5.41) is 3.01. The third-order valence-electron chi connectivity index (χ3n) is 1.88. The minimum absolute atomic E-state index is 0.0110. The van der Waals surface area contributed by atoms with Gasteiger partial charge in [0.1, 0.15) is 0 Å². The second kappa shape index (κ2) is 6.08. The number of nitrogens with one attached hydrogen (secondary N) is 1. The third-order valence-corrected chi connectivity index (χ3v) is 1.88. The largest absolute Gasteiger partial charge is 0.465 e. The number of carbonyl (C=O) groups excluding carboxylic acids is 1. The van der Waals surface area contributed by atoms with Crippen molar-refractivity contribution in [1.29, 1.82) is 0 Å². The predicted molar refractivity (Wildman–Crippen MR) is 55.1 cm³/mol. The summed E-state index contributed by atoms with van der Waals surface area (Å²) < 4.78 is 4.79. The first-order chi connectivity index (χ1) is 7.24. The van der Waals surface area contributed by atoms with Crippen LogP contribution in [0.4, 0.5) is 0 Å². The summed E-state index contributed by atoms with van der Waals surface area (Å²) in [6.45, 7) is 4.29. The SMILES string of the molecule is CCOC(=O)CNC(C)c1cnccn1. The molecule has 0 saturated heterocycles. The molecule has 1 atom stereocenters. The molecule has 0 saturated carbocycles. The van der Waals surface area contributed by atoms with Crippen LogP contribution in [-0.2, 0) is 9.53 Å². The van der Waals surface area contributed by atoms with Crippen LogP contribution in [-0.4, -0.2) is 29.1 Å². The molecule has 0 amide bonds. The molecule has 5 nitrogen and oxygen atoms in total. The van der Waals surface area contributed by atoms with Crippen molar-refractivity contribution in [2.45, 2.75) is 19.9 Å². The molecule has 1 unspecified atom stereocenters. The summed E-state index contributed by atoms with van der Waals surface area (Å²) in [5.41, 5.74) is 0.807. The Kier molecular flexibility index (Phi) is 4.70. The van der Waals surface area contributed by atoms with Gasteiger partial charge in [0.05, 0.1) is 18.8 Å². The average Bonchev–Trinajstić information content (AvgIpc) is 2.27. The number of nitrogens with zero attached hydrogens (tertiary/aromatic N) is 2. The highest BCUT2D eigenvalue weighted by molar-refractivity contribution is 5.71. The van der Waals surface area contributed by atoms with Gasteiger partial charge in [-0.15, -0.1) is 0 Å². The fraction of sp³-hybridized carbons (Fsp3) is 0.500. The maximum absolute atomic E-state index is 11.1. The zero-order chi connectivity index (χ0) is 11.1. The van der Waals surface area contributed by atoms with E-state index in [1.807, 2.05) is 6.92 Å². The van der Waals surface area contributed by atoms with Crippen LogP contribution in [0.25, 0.3) is 0 Å². The molecule has 0 aromatic carbocycles. The van der Waals surface area contributed by atoms with Crippen LogP contribution in [0.15, 0.2) is 18.6 Å². The number of hydrogen-bond donors (Lipinski definition) is 1. The van der Waals surface area contributed by atoms with Crippen LogP contribution >= 0.6 is 0 Å². The zero-order valence-corrected chi connectivity index (χ0v) is 8.93. The van der Waals surface area contributed by atoms with Crippen molar-refractivity contribution in [3.63, 3.8) is 0 Å². The van der Waals surface area contributed by atoms with Gasteiger partial charge in [-0.1, -0.05) is 0 Å². The van der Waals surface area contributed by atoms with Gasteiger partial charge in [0, 0.05) is 24.6 Å². The fourth-order valence-corrected chi connectivity index (χ4v) is 1.09. The van der Waals surface area contributed by atoms with Crippen molar-refractivity contribution in [2.24, 2.45) is 0 Å². The second-order valence-corrected chi connectivity index (χ2v) is 3.04. The molecule has 1 heterocycles. The Hall–Kier alpha value is -1.49. The number of rotatable bonds is 5. The first kappa shape index (κ1) is 11.6. The number of ether oxygens (including phenoxy) is 1.